The van der Waals surface area contributed by atoms with Crippen LogP contribution in [-0.2, 0) is 14.3 Å². The molecule has 0 radical (unpaired) electrons. The molecule has 0 unspecified atom stereocenters. The number of amides is 2. The van der Waals surface area contributed by atoms with E-state index in [1.54, 1.807) is 12.1 Å². The summed E-state index contributed by atoms with van der Waals surface area (Å²) in [5.74, 6) is -1.03. The number of carbonyl (C=O) groups excluding carboxylic acids is 2. The van der Waals surface area contributed by atoms with Crippen LogP contribution in [0.1, 0.15) is 5.56 Å². The smallest absolute Gasteiger partial charge is 0.329 e. The van der Waals surface area contributed by atoms with Gasteiger partial charge in [0.2, 0.25) is 0 Å². The third kappa shape index (κ3) is 5.92. The molecule has 21 heavy (non-hydrogen) atoms. The minimum atomic E-state index is -0.851. The molecule has 0 atom stereocenters. The van der Waals surface area contributed by atoms with Crippen molar-refractivity contribution in [3.8, 4) is 5.75 Å². The number of carbonyl (C=O) groups is 2. The van der Waals surface area contributed by atoms with Gasteiger partial charge in [0.05, 0.1) is 19.9 Å². The van der Waals surface area contributed by atoms with Gasteiger partial charge in [0.1, 0.15) is 5.75 Å². The maximum atomic E-state index is 11.4. The number of halogens is 1. The first-order valence-electron chi connectivity index (χ1n) is 6.02. The highest BCUT2D eigenvalue weighted by Crippen LogP contribution is 2.21. The zero-order chi connectivity index (χ0) is 15.7. The lowest BCUT2D eigenvalue weighted by atomic mass is 10.2. The molecule has 0 bridgehead atoms. The van der Waals surface area contributed by atoms with E-state index in [9.17, 15) is 9.59 Å². The fourth-order valence-electron chi connectivity index (χ4n) is 1.36. The quantitative estimate of drug-likeness (QED) is 0.339. The van der Waals surface area contributed by atoms with Crippen molar-refractivity contribution in [1.29, 1.82) is 0 Å². The number of hydrogen-bond acceptors (Lipinski definition) is 5. The Morgan fingerprint density at radius 2 is 2.10 bits per heavy atom. The van der Waals surface area contributed by atoms with E-state index < -0.39 is 11.8 Å². The Morgan fingerprint density at radius 1 is 1.33 bits per heavy atom. The fraction of sp³-hybridized carbons (Fsp3) is 0.308. The lowest BCUT2D eigenvalue weighted by Crippen LogP contribution is -2.39. The highest BCUT2D eigenvalue weighted by atomic mass is 79.9. The minimum absolute atomic E-state index is 0.256. The molecule has 0 aliphatic heterocycles. The average molecular weight is 358 g/mol. The lowest BCUT2D eigenvalue weighted by molar-refractivity contribution is -0.139. The Bertz CT molecular complexity index is 534. The zero-order valence-corrected chi connectivity index (χ0v) is 13.3. The topological polar surface area (TPSA) is 89.0 Å². The molecule has 0 saturated carbocycles. The summed E-state index contributed by atoms with van der Waals surface area (Å²) in [5, 5.41) is 6.10. The van der Waals surface area contributed by atoms with Crippen LogP contribution in [0, 0.1) is 0 Å². The largest absolute Gasteiger partial charge is 0.496 e. The van der Waals surface area contributed by atoms with Crippen molar-refractivity contribution in [3.05, 3.63) is 28.2 Å². The van der Waals surface area contributed by atoms with Crippen LogP contribution in [0.2, 0.25) is 0 Å². The summed E-state index contributed by atoms with van der Waals surface area (Å²) in [6, 6.07) is 5.34. The predicted molar refractivity (Wildman–Crippen MR) is 81.3 cm³/mol. The molecule has 2 N–H and O–H groups in total. The Hall–Kier alpha value is -1.93. The molecule has 114 valence electrons. The third-order valence-corrected chi connectivity index (χ3v) is 2.85. The van der Waals surface area contributed by atoms with E-state index in [4.69, 9.17) is 9.47 Å². The number of hydrazone groups is 1. The minimum Gasteiger partial charge on any atom is -0.496 e. The van der Waals surface area contributed by atoms with Crippen molar-refractivity contribution < 1.29 is 19.1 Å². The Balaban J connectivity index is 2.56. The van der Waals surface area contributed by atoms with Crippen LogP contribution in [0.25, 0.3) is 0 Å². The first kappa shape index (κ1) is 17.1. The van der Waals surface area contributed by atoms with Crippen LogP contribution in [0.3, 0.4) is 0 Å². The number of ether oxygens (including phenoxy) is 2. The Labute approximate surface area is 130 Å². The molecule has 0 aliphatic carbocycles. The average Bonchev–Trinajstić information content (AvgIpc) is 2.47. The monoisotopic (exact) mass is 357 g/mol. The number of nitrogens with one attached hydrogen (secondary N) is 2. The molecule has 2 amide bonds. The van der Waals surface area contributed by atoms with Crippen molar-refractivity contribution in [2.75, 3.05) is 27.4 Å². The van der Waals surface area contributed by atoms with Gasteiger partial charge in [-0.05, 0) is 18.2 Å². The molecule has 0 spiro atoms. The number of methoxy groups -OCH3 is 2. The fourth-order valence-corrected chi connectivity index (χ4v) is 1.74. The van der Waals surface area contributed by atoms with Crippen LogP contribution in [0.4, 0.5) is 0 Å². The van der Waals surface area contributed by atoms with Gasteiger partial charge in [-0.1, -0.05) is 15.9 Å². The van der Waals surface area contributed by atoms with Crippen molar-refractivity contribution in [1.82, 2.24) is 10.7 Å². The molecule has 0 aliphatic rings. The van der Waals surface area contributed by atoms with Crippen LogP contribution in [-0.4, -0.2) is 45.4 Å². The summed E-state index contributed by atoms with van der Waals surface area (Å²) in [7, 11) is 3.03. The second-order valence-corrected chi connectivity index (χ2v) is 4.75. The van der Waals surface area contributed by atoms with Crippen LogP contribution in [0.5, 0.6) is 5.75 Å². The van der Waals surface area contributed by atoms with Crippen LogP contribution < -0.4 is 15.5 Å². The lowest BCUT2D eigenvalue weighted by Gasteiger charge is -2.05. The van der Waals surface area contributed by atoms with Crippen molar-refractivity contribution >= 4 is 34.0 Å². The summed E-state index contributed by atoms with van der Waals surface area (Å²) < 4.78 is 10.7. The van der Waals surface area contributed by atoms with E-state index in [1.807, 2.05) is 6.07 Å². The van der Waals surface area contributed by atoms with Crippen molar-refractivity contribution in [3.63, 3.8) is 0 Å². The van der Waals surface area contributed by atoms with E-state index >= 15 is 0 Å². The van der Waals surface area contributed by atoms with Gasteiger partial charge in [-0.25, -0.2) is 5.43 Å². The maximum absolute atomic E-state index is 11.4. The summed E-state index contributed by atoms with van der Waals surface area (Å²) >= 11 is 3.32. The summed E-state index contributed by atoms with van der Waals surface area (Å²) in [5.41, 5.74) is 2.79. The van der Waals surface area contributed by atoms with E-state index in [2.05, 4.69) is 31.8 Å². The molecule has 8 heteroatoms. The SMILES string of the molecule is COCCNC(=O)C(=O)NN=Cc1cc(Br)ccc1OC. The molecule has 0 fully saturated rings. The second kappa shape index (κ2) is 9.09. The zero-order valence-electron chi connectivity index (χ0n) is 11.7. The maximum Gasteiger partial charge on any atom is 0.329 e. The Kier molecular flexibility index (Phi) is 7.41. The summed E-state index contributed by atoms with van der Waals surface area (Å²) in [6.45, 7) is 0.587. The van der Waals surface area contributed by atoms with Gasteiger partial charge in [0.25, 0.3) is 0 Å². The number of benzene rings is 1. The van der Waals surface area contributed by atoms with E-state index in [0.717, 1.165) is 4.47 Å². The second-order valence-electron chi connectivity index (χ2n) is 3.83. The summed E-state index contributed by atoms with van der Waals surface area (Å²) in [4.78, 5) is 22.8. The van der Waals surface area contributed by atoms with Crippen LogP contribution >= 0.6 is 15.9 Å². The van der Waals surface area contributed by atoms with E-state index in [1.165, 1.54) is 20.4 Å². The first-order chi connectivity index (χ1) is 10.1. The summed E-state index contributed by atoms with van der Waals surface area (Å²) in [6.07, 6.45) is 1.39. The predicted octanol–water partition coefficient (Wildman–Crippen LogP) is 0.670. The van der Waals surface area contributed by atoms with Gasteiger partial charge in [0.15, 0.2) is 0 Å². The van der Waals surface area contributed by atoms with Gasteiger partial charge in [0, 0.05) is 23.7 Å². The van der Waals surface area contributed by atoms with Crippen LogP contribution in [0.15, 0.2) is 27.8 Å². The van der Waals surface area contributed by atoms with Gasteiger partial charge >= 0.3 is 11.8 Å². The molecule has 1 aromatic carbocycles. The van der Waals surface area contributed by atoms with Gasteiger partial charge in [-0.3, -0.25) is 9.59 Å². The van der Waals surface area contributed by atoms with Gasteiger partial charge in [-0.2, -0.15) is 5.10 Å². The third-order valence-electron chi connectivity index (χ3n) is 2.36. The standard InChI is InChI=1S/C13H16BrN3O4/c1-20-6-5-15-12(18)13(19)17-16-8-9-7-10(14)3-4-11(9)21-2/h3-4,7-8H,5-6H2,1-2H3,(H,15,18)(H,17,19). The van der Waals surface area contributed by atoms with Gasteiger partial charge in [-0.15, -0.1) is 0 Å². The molecule has 7 nitrogen and oxygen atoms in total. The van der Waals surface area contributed by atoms with E-state index in [-0.39, 0.29) is 6.54 Å². The molecule has 1 aromatic rings. The molecule has 0 heterocycles. The normalized spacial score (nSPS) is 10.4. The molecule has 0 saturated heterocycles. The highest BCUT2D eigenvalue weighted by molar-refractivity contribution is 9.10. The number of nitrogens with zero attached hydrogens (tertiary/aromatic N) is 1. The number of rotatable bonds is 6. The highest BCUT2D eigenvalue weighted by Gasteiger charge is 2.11. The first-order valence-corrected chi connectivity index (χ1v) is 6.81. The molecular weight excluding hydrogens is 342 g/mol. The molecule has 0 aromatic heterocycles. The Morgan fingerprint density at radius 3 is 2.76 bits per heavy atom. The van der Waals surface area contributed by atoms with Crippen molar-refractivity contribution in [2.24, 2.45) is 5.10 Å². The van der Waals surface area contributed by atoms with E-state index in [0.29, 0.717) is 17.9 Å². The molecular formula is C13H16BrN3O4. The number of hydrogen-bond donors (Lipinski definition) is 2. The van der Waals surface area contributed by atoms with Gasteiger partial charge < -0.3 is 14.8 Å². The molecule has 1 rings (SSSR count). The van der Waals surface area contributed by atoms with Crippen molar-refractivity contribution in [2.45, 2.75) is 0 Å².